The molecule has 0 aromatic heterocycles. The molecule has 1 aliphatic heterocycles. The first kappa shape index (κ1) is 12.8. The molecule has 2 aromatic rings. The van der Waals surface area contributed by atoms with E-state index in [4.69, 9.17) is 15.2 Å². The minimum Gasteiger partial charge on any atom is -0.508 e. The third-order valence-corrected chi connectivity index (χ3v) is 3.60. The highest BCUT2D eigenvalue weighted by molar-refractivity contribution is 5.44. The predicted molar refractivity (Wildman–Crippen MR) is 76.0 cm³/mol. The SMILES string of the molecule is COc1ccc2c(c1)OC(c1cccc(O)c1)C[C@H]2N. The monoisotopic (exact) mass is 271 g/mol. The van der Waals surface area contributed by atoms with Crippen LogP contribution in [0.1, 0.15) is 29.7 Å². The number of methoxy groups -OCH3 is 1. The molecule has 0 aliphatic carbocycles. The lowest BCUT2D eigenvalue weighted by atomic mass is 9.93. The van der Waals surface area contributed by atoms with Crippen molar-refractivity contribution >= 4 is 0 Å². The Kier molecular flexibility index (Phi) is 3.24. The molecule has 0 radical (unpaired) electrons. The quantitative estimate of drug-likeness (QED) is 0.881. The van der Waals surface area contributed by atoms with Crippen LogP contribution < -0.4 is 15.2 Å². The lowest BCUT2D eigenvalue weighted by molar-refractivity contribution is 0.160. The van der Waals surface area contributed by atoms with Gasteiger partial charge in [0.05, 0.1) is 7.11 Å². The Balaban J connectivity index is 1.95. The zero-order valence-electron chi connectivity index (χ0n) is 11.2. The number of benzene rings is 2. The van der Waals surface area contributed by atoms with Gasteiger partial charge in [-0.3, -0.25) is 0 Å². The fourth-order valence-electron chi connectivity index (χ4n) is 2.54. The summed E-state index contributed by atoms with van der Waals surface area (Å²) < 4.78 is 11.2. The van der Waals surface area contributed by atoms with Crippen molar-refractivity contribution in [2.75, 3.05) is 7.11 Å². The molecule has 2 atom stereocenters. The van der Waals surface area contributed by atoms with Crippen LogP contribution >= 0.6 is 0 Å². The van der Waals surface area contributed by atoms with E-state index >= 15 is 0 Å². The van der Waals surface area contributed by atoms with Crippen molar-refractivity contribution in [2.24, 2.45) is 5.73 Å². The van der Waals surface area contributed by atoms with Crippen molar-refractivity contribution in [3.05, 3.63) is 53.6 Å². The summed E-state index contributed by atoms with van der Waals surface area (Å²) >= 11 is 0. The van der Waals surface area contributed by atoms with Crippen LogP contribution in [0.3, 0.4) is 0 Å². The molecule has 4 heteroatoms. The first-order chi connectivity index (χ1) is 9.67. The van der Waals surface area contributed by atoms with Crippen LogP contribution in [0.25, 0.3) is 0 Å². The number of hydrogen-bond acceptors (Lipinski definition) is 4. The molecule has 104 valence electrons. The van der Waals surface area contributed by atoms with E-state index in [1.54, 1.807) is 25.3 Å². The molecule has 4 nitrogen and oxygen atoms in total. The predicted octanol–water partition coefficient (Wildman–Crippen LogP) is 2.92. The van der Waals surface area contributed by atoms with Crippen molar-refractivity contribution in [1.29, 1.82) is 0 Å². The second-order valence-electron chi connectivity index (χ2n) is 4.95. The van der Waals surface area contributed by atoms with Crippen molar-refractivity contribution in [2.45, 2.75) is 18.6 Å². The van der Waals surface area contributed by atoms with Crippen LogP contribution in [0.5, 0.6) is 17.2 Å². The van der Waals surface area contributed by atoms with E-state index in [9.17, 15) is 5.11 Å². The minimum absolute atomic E-state index is 0.0861. The number of ether oxygens (including phenoxy) is 2. The normalized spacial score (nSPS) is 20.9. The van der Waals surface area contributed by atoms with Crippen LogP contribution in [-0.2, 0) is 0 Å². The van der Waals surface area contributed by atoms with E-state index in [0.717, 1.165) is 22.6 Å². The summed E-state index contributed by atoms with van der Waals surface area (Å²) in [5.41, 5.74) is 8.13. The molecular weight excluding hydrogens is 254 g/mol. The van der Waals surface area contributed by atoms with Crippen LogP contribution in [0, 0.1) is 0 Å². The molecule has 3 N–H and O–H groups in total. The van der Waals surface area contributed by atoms with Gasteiger partial charge in [0.2, 0.25) is 0 Å². The highest BCUT2D eigenvalue weighted by Crippen LogP contribution is 2.41. The zero-order chi connectivity index (χ0) is 14.1. The number of phenols is 1. The maximum Gasteiger partial charge on any atom is 0.128 e. The molecule has 0 amide bonds. The molecule has 1 unspecified atom stereocenters. The molecule has 0 bridgehead atoms. The second-order valence-corrected chi connectivity index (χ2v) is 4.95. The highest BCUT2D eigenvalue weighted by atomic mass is 16.5. The Bertz CT molecular complexity index is 627. The van der Waals surface area contributed by atoms with Gasteiger partial charge in [0.1, 0.15) is 23.4 Å². The van der Waals surface area contributed by atoms with Gasteiger partial charge < -0.3 is 20.3 Å². The summed E-state index contributed by atoms with van der Waals surface area (Å²) in [6.07, 6.45) is 0.527. The molecule has 0 saturated carbocycles. The molecule has 1 aliphatic rings. The fourth-order valence-corrected chi connectivity index (χ4v) is 2.54. The van der Waals surface area contributed by atoms with Crippen molar-refractivity contribution in [3.63, 3.8) is 0 Å². The summed E-state index contributed by atoms with van der Waals surface area (Å²) in [5.74, 6) is 1.72. The molecule has 0 fully saturated rings. The summed E-state index contributed by atoms with van der Waals surface area (Å²) in [5, 5.41) is 9.58. The molecule has 2 aromatic carbocycles. The Labute approximate surface area is 117 Å². The van der Waals surface area contributed by atoms with Crippen molar-refractivity contribution < 1.29 is 14.6 Å². The standard InChI is InChI=1S/C16H17NO3/c1-19-12-5-6-13-14(17)9-15(20-16(13)8-12)10-3-2-4-11(18)7-10/h2-8,14-15,18H,9,17H2,1H3/t14-,15?/m1/s1. The van der Waals surface area contributed by atoms with Gasteiger partial charge in [-0.25, -0.2) is 0 Å². The van der Waals surface area contributed by atoms with Gasteiger partial charge >= 0.3 is 0 Å². The van der Waals surface area contributed by atoms with E-state index in [0.29, 0.717) is 6.42 Å². The average Bonchev–Trinajstić information content (AvgIpc) is 2.46. The maximum absolute atomic E-state index is 9.58. The third-order valence-electron chi connectivity index (χ3n) is 3.60. The number of phenolic OH excluding ortho intramolecular Hbond substituents is 1. The Morgan fingerprint density at radius 3 is 2.85 bits per heavy atom. The van der Waals surface area contributed by atoms with Gasteiger partial charge in [-0.1, -0.05) is 18.2 Å². The number of fused-ring (bicyclic) bond motifs is 1. The third kappa shape index (κ3) is 2.30. The van der Waals surface area contributed by atoms with Gasteiger partial charge in [-0.2, -0.15) is 0 Å². The van der Waals surface area contributed by atoms with Crippen LogP contribution in [-0.4, -0.2) is 12.2 Å². The van der Waals surface area contributed by atoms with Crippen molar-refractivity contribution in [3.8, 4) is 17.2 Å². The second kappa shape index (κ2) is 5.06. The van der Waals surface area contributed by atoms with Gasteiger partial charge in [0.25, 0.3) is 0 Å². The van der Waals surface area contributed by atoms with E-state index in [-0.39, 0.29) is 17.9 Å². The van der Waals surface area contributed by atoms with E-state index in [1.807, 2.05) is 24.3 Å². The molecular formula is C16H17NO3. The van der Waals surface area contributed by atoms with E-state index in [1.165, 1.54) is 0 Å². The summed E-state index contributed by atoms with van der Waals surface area (Å²) in [6.45, 7) is 0. The van der Waals surface area contributed by atoms with E-state index in [2.05, 4.69) is 0 Å². The first-order valence-corrected chi connectivity index (χ1v) is 6.56. The average molecular weight is 271 g/mol. The summed E-state index contributed by atoms with van der Waals surface area (Å²) in [7, 11) is 1.62. The lowest BCUT2D eigenvalue weighted by Crippen LogP contribution is -2.24. The number of aromatic hydroxyl groups is 1. The van der Waals surface area contributed by atoms with Crippen LogP contribution in [0.2, 0.25) is 0 Å². The zero-order valence-corrected chi connectivity index (χ0v) is 11.2. The Morgan fingerprint density at radius 1 is 1.25 bits per heavy atom. The number of hydrogen-bond donors (Lipinski definition) is 2. The first-order valence-electron chi connectivity index (χ1n) is 6.56. The summed E-state index contributed by atoms with van der Waals surface area (Å²) in [4.78, 5) is 0. The van der Waals surface area contributed by atoms with Crippen LogP contribution in [0.4, 0.5) is 0 Å². The fraction of sp³-hybridized carbons (Fsp3) is 0.250. The van der Waals surface area contributed by atoms with Gasteiger partial charge in [0, 0.05) is 24.1 Å². The number of rotatable bonds is 2. The van der Waals surface area contributed by atoms with Gasteiger partial charge in [-0.15, -0.1) is 0 Å². The molecule has 0 spiro atoms. The molecule has 1 heterocycles. The van der Waals surface area contributed by atoms with Crippen LogP contribution in [0.15, 0.2) is 42.5 Å². The van der Waals surface area contributed by atoms with E-state index < -0.39 is 0 Å². The lowest BCUT2D eigenvalue weighted by Gasteiger charge is -2.30. The molecule has 0 saturated heterocycles. The van der Waals surface area contributed by atoms with Gasteiger partial charge in [-0.05, 0) is 23.8 Å². The van der Waals surface area contributed by atoms with Gasteiger partial charge in [0.15, 0.2) is 0 Å². The maximum atomic E-state index is 9.58. The Morgan fingerprint density at radius 2 is 2.10 bits per heavy atom. The minimum atomic E-state index is -0.156. The molecule has 20 heavy (non-hydrogen) atoms. The molecule has 3 rings (SSSR count). The topological polar surface area (TPSA) is 64.7 Å². The summed E-state index contributed by atoms with van der Waals surface area (Å²) in [6, 6.07) is 12.7. The highest BCUT2D eigenvalue weighted by Gasteiger charge is 2.27. The Hall–Kier alpha value is -2.20. The smallest absolute Gasteiger partial charge is 0.128 e. The van der Waals surface area contributed by atoms with Crippen molar-refractivity contribution in [1.82, 2.24) is 0 Å². The number of nitrogens with two attached hydrogens (primary N) is 1. The largest absolute Gasteiger partial charge is 0.508 e.